The normalized spacial score (nSPS) is 13.4. The largest absolute Gasteiger partial charge is 0.444 e. The fraction of sp³-hybridized carbons (Fsp3) is 0.615. The Labute approximate surface area is 232 Å². The van der Waals surface area contributed by atoms with Gasteiger partial charge in [0.05, 0.1) is 11.1 Å². The lowest BCUT2D eigenvalue weighted by Crippen LogP contribution is -2.57. The number of amides is 3. The molecule has 0 aliphatic carbocycles. The van der Waals surface area contributed by atoms with Crippen molar-refractivity contribution >= 4 is 56.8 Å². The van der Waals surface area contributed by atoms with Gasteiger partial charge in [0.15, 0.2) is 5.82 Å². The number of fused-ring (bicyclic) bond motifs is 1. The summed E-state index contributed by atoms with van der Waals surface area (Å²) in [5, 5.41) is 5.41. The Balaban J connectivity index is 2.79. The molecule has 0 aliphatic rings. The van der Waals surface area contributed by atoms with E-state index in [1.54, 1.807) is 53.8 Å². The summed E-state index contributed by atoms with van der Waals surface area (Å²) < 4.78 is 11.8. The second kappa shape index (κ2) is 12.2. The van der Waals surface area contributed by atoms with Crippen LogP contribution in [0, 0.1) is 0 Å². The molecule has 3 amide bonds. The minimum absolute atomic E-state index is 0.0763. The highest BCUT2D eigenvalue weighted by atomic mass is 79.9. The Hall–Kier alpha value is -3.02. The summed E-state index contributed by atoms with van der Waals surface area (Å²) in [5.41, 5.74) is -1.82. The number of pyridine rings is 1. The van der Waals surface area contributed by atoms with Crippen molar-refractivity contribution in [2.45, 2.75) is 98.3 Å². The quantitative estimate of drug-likeness (QED) is 0.382. The molecule has 0 bridgehead atoms. The number of halogens is 1. The summed E-state index contributed by atoms with van der Waals surface area (Å²) >= 11 is 3.40. The molecule has 2 aromatic heterocycles. The van der Waals surface area contributed by atoms with Gasteiger partial charge in [-0.1, -0.05) is 19.8 Å². The summed E-state index contributed by atoms with van der Waals surface area (Å²) in [6, 6.07) is 1.71. The summed E-state index contributed by atoms with van der Waals surface area (Å²) in [5.74, 6) is -0.182. The van der Waals surface area contributed by atoms with Crippen LogP contribution in [0.4, 0.5) is 21.4 Å². The van der Waals surface area contributed by atoms with E-state index in [-0.39, 0.29) is 24.2 Å². The van der Waals surface area contributed by atoms with Crippen molar-refractivity contribution in [3.05, 3.63) is 16.7 Å². The zero-order valence-corrected chi connectivity index (χ0v) is 25.3. The van der Waals surface area contributed by atoms with Gasteiger partial charge in [0, 0.05) is 24.1 Å². The third-order valence-electron chi connectivity index (χ3n) is 5.21. The van der Waals surface area contributed by atoms with Gasteiger partial charge in [-0.3, -0.25) is 15.0 Å². The summed E-state index contributed by atoms with van der Waals surface area (Å²) in [4.78, 5) is 53.2. The van der Waals surface area contributed by atoms with E-state index in [9.17, 15) is 14.4 Å². The van der Waals surface area contributed by atoms with Crippen LogP contribution in [0.1, 0.15) is 81.6 Å². The maximum Gasteiger partial charge on any atom is 0.416 e. The number of unbranched alkanes of at least 4 members (excludes halogenated alkanes) is 1. The Morgan fingerprint density at radius 1 is 1.03 bits per heavy atom. The van der Waals surface area contributed by atoms with Crippen molar-refractivity contribution in [1.29, 1.82) is 0 Å². The van der Waals surface area contributed by atoms with Crippen molar-refractivity contribution in [1.82, 2.24) is 20.3 Å². The van der Waals surface area contributed by atoms with Crippen molar-refractivity contribution in [2.24, 2.45) is 0 Å². The molecule has 0 aromatic carbocycles. The lowest BCUT2D eigenvalue weighted by Gasteiger charge is -2.41. The van der Waals surface area contributed by atoms with Gasteiger partial charge in [-0.05, 0) is 76.9 Å². The molecule has 0 saturated carbocycles. The first-order valence-corrected chi connectivity index (χ1v) is 13.3. The van der Waals surface area contributed by atoms with Gasteiger partial charge < -0.3 is 14.8 Å². The number of nitrogens with zero attached hydrogens (tertiary/aromatic N) is 4. The highest BCUT2D eigenvalue weighted by Crippen LogP contribution is 2.34. The van der Waals surface area contributed by atoms with Crippen LogP contribution >= 0.6 is 15.9 Å². The summed E-state index contributed by atoms with van der Waals surface area (Å²) in [6.45, 7) is 16.0. The summed E-state index contributed by atoms with van der Waals surface area (Å²) in [6.07, 6.45) is 2.30. The predicted molar refractivity (Wildman–Crippen MR) is 150 cm³/mol. The number of hydrogen-bond acceptors (Lipinski definition) is 8. The molecule has 0 fully saturated rings. The minimum Gasteiger partial charge on any atom is -0.444 e. The number of nitrogens with one attached hydrogen (secondary N) is 2. The zero-order chi connectivity index (χ0) is 28.9. The molecule has 2 rings (SSSR count). The Morgan fingerprint density at radius 3 is 2.21 bits per heavy atom. The van der Waals surface area contributed by atoms with E-state index in [1.165, 1.54) is 11.8 Å². The number of anilines is 2. The fourth-order valence-electron chi connectivity index (χ4n) is 3.61. The van der Waals surface area contributed by atoms with Gasteiger partial charge in [-0.2, -0.15) is 4.98 Å². The van der Waals surface area contributed by atoms with Crippen molar-refractivity contribution in [3.8, 4) is 0 Å². The lowest BCUT2D eigenvalue weighted by atomic mass is 9.92. The predicted octanol–water partition coefficient (Wildman–Crippen LogP) is 5.96. The Morgan fingerprint density at radius 2 is 1.66 bits per heavy atom. The van der Waals surface area contributed by atoms with Gasteiger partial charge in [-0.15, -0.1) is 0 Å². The molecule has 11 nitrogen and oxygen atoms in total. The molecular formula is C26H39BrN6O5. The van der Waals surface area contributed by atoms with Gasteiger partial charge in [-0.25, -0.2) is 19.6 Å². The SMILES string of the molecule is CCCC[C@](C)(CNC(C)=O)N(C(=O)OC(C)(C)C)c1nc(NC(=O)OC(C)(C)C)nc2cc(Br)cnc12. The monoisotopic (exact) mass is 594 g/mol. The zero-order valence-electron chi connectivity index (χ0n) is 23.7. The maximum absolute atomic E-state index is 13.8. The Kier molecular flexibility index (Phi) is 10.0. The van der Waals surface area contributed by atoms with E-state index >= 15 is 0 Å². The third kappa shape index (κ3) is 9.07. The number of carbonyl (C=O) groups excluding carboxylic acids is 3. The lowest BCUT2D eigenvalue weighted by molar-refractivity contribution is -0.119. The van der Waals surface area contributed by atoms with Crippen LogP contribution in [0.3, 0.4) is 0 Å². The van der Waals surface area contributed by atoms with Crippen LogP contribution in [-0.4, -0.2) is 56.3 Å². The van der Waals surface area contributed by atoms with Crippen LogP contribution in [-0.2, 0) is 14.3 Å². The molecule has 0 unspecified atom stereocenters. The molecule has 0 radical (unpaired) electrons. The van der Waals surface area contributed by atoms with Crippen LogP contribution < -0.4 is 15.5 Å². The smallest absolute Gasteiger partial charge is 0.416 e. The summed E-state index contributed by atoms with van der Waals surface area (Å²) in [7, 11) is 0. The standard InChI is InChI=1S/C26H39BrN6O5/c1-10-11-12-26(9,15-29-16(2)34)33(23(36)38-25(6,7)8)20-19-18(13-17(27)14-28-19)30-21(31-20)32-22(35)37-24(3,4)5/h13-14H,10-12,15H2,1-9H3,(H,29,34)(H,30,31,32,35)/t26-/m1/s1. The number of ether oxygens (including phenoxy) is 2. The highest BCUT2D eigenvalue weighted by Gasteiger charge is 2.41. The molecule has 0 aliphatic heterocycles. The van der Waals surface area contributed by atoms with E-state index in [2.05, 4.69) is 41.5 Å². The Bertz CT molecular complexity index is 1180. The van der Waals surface area contributed by atoms with E-state index < -0.39 is 28.9 Å². The molecule has 210 valence electrons. The molecular weight excluding hydrogens is 556 g/mol. The van der Waals surface area contributed by atoms with E-state index in [1.807, 2.05) is 13.8 Å². The number of carbonyl (C=O) groups is 3. The topological polar surface area (TPSA) is 136 Å². The average molecular weight is 596 g/mol. The molecule has 12 heteroatoms. The van der Waals surface area contributed by atoms with Crippen LogP contribution in [0.2, 0.25) is 0 Å². The second-order valence-electron chi connectivity index (χ2n) is 11.3. The molecule has 0 saturated heterocycles. The van der Waals surface area contributed by atoms with Crippen LogP contribution in [0.15, 0.2) is 16.7 Å². The first-order chi connectivity index (χ1) is 17.4. The molecule has 38 heavy (non-hydrogen) atoms. The maximum atomic E-state index is 13.8. The highest BCUT2D eigenvalue weighted by molar-refractivity contribution is 9.10. The number of hydrogen-bond donors (Lipinski definition) is 2. The van der Waals surface area contributed by atoms with Crippen molar-refractivity contribution < 1.29 is 23.9 Å². The number of rotatable bonds is 8. The minimum atomic E-state index is -0.955. The van der Waals surface area contributed by atoms with E-state index in [0.29, 0.717) is 21.9 Å². The van der Waals surface area contributed by atoms with Gasteiger partial charge in [0.1, 0.15) is 16.7 Å². The van der Waals surface area contributed by atoms with Crippen molar-refractivity contribution in [2.75, 3.05) is 16.8 Å². The first kappa shape index (κ1) is 31.2. The average Bonchev–Trinajstić information content (AvgIpc) is 2.73. The van der Waals surface area contributed by atoms with E-state index in [4.69, 9.17) is 9.47 Å². The van der Waals surface area contributed by atoms with Gasteiger partial charge >= 0.3 is 12.2 Å². The fourth-order valence-corrected chi connectivity index (χ4v) is 3.93. The van der Waals surface area contributed by atoms with Gasteiger partial charge in [0.25, 0.3) is 0 Å². The van der Waals surface area contributed by atoms with Gasteiger partial charge in [0.2, 0.25) is 11.9 Å². The first-order valence-electron chi connectivity index (χ1n) is 12.5. The van der Waals surface area contributed by atoms with E-state index in [0.717, 1.165) is 12.8 Å². The molecule has 0 spiro atoms. The van der Waals surface area contributed by atoms with Crippen LogP contribution in [0.5, 0.6) is 0 Å². The van der Waals surface area contributed by atoms with Crippen molar-refractivity contribution in [3.63, 3.8) is 0 Å². The molecule has 2 heterocycles. The molecule has 1 atom stereocenters. The molecule has 2 N–H and O–H groups in total. The second-order valence-corrected chi connectivity index (χ2v) is 12.3. The molecule has 2 aromatic rings. The number of aromatic nitrogens is 3. The third-order valence-corrected chi connectivity index (χ3v) is 5.65. The van der Waals surface area contributed by atoms with Crippen LogP contribution in [0.25, 0.3) is 11.0 Å².